The summed E-state index contributed by atoms with van der Waals surface area (Å²) in [6, 6.07) is 2.28. The minimum atomic E-state index is -0.325. The maximum atomic E-state index is 8.82. The first-order valence-electron chi connectivity index (χ1n) is 4.36. The van der Waals surface area contributed by atoms with E-state index in [0.29, 0.717) is 0 Å². The van der Waals surface area contributed by atoms with Gasteiger partial charge in [0.1, 0.15) is 5.54 Å². The average Bonchev–Trinajstić information content (AvgIpc) is 2.12. The van der Waals surface area contributed by atoms with Crippen LogP contribution < -0.4 is 5.32 Å². The van der Waals surface area contributed by atoms with E-state index in [1.807, 2.05) is 25.7 Å². The molecule has 0 radical (unpaired) electrons. The lowest BCUT2D eigenvalue weighted by Crippen LogP contribution is -2.37. The molecule has 0 rings (SSSR count). The van der Waals surface area contributed by atoms with Crippen LogP contribution in [-0.2, 0) is 0 Å². The average molecular weight is 186 g/mol. The highest BCUT2D eigenvalue weighted by molar-refractivity contribution is 7.99. The summed E-state index contributed by atoms with van der Waals surface area (Å²) in [5.74, 6) is 2.33. The van der Waals surface area contributed by atoms with Crippen LogP contribution in [0, 0.1) is 11.3 Å². The van der Waals surface area contributed by atoms with Gasteiger partial charge in [-0.3, -0.25) is 0 Å². The predicted molar refractivity (Wildman–Crippen MR) is 55.3 cm³/mol. The molecule has 1 atom stereocenters. The van der Waals surface area contributed by atoms with Crippen molar-refractivity contribution in [1.29, 1.82) is 5.26 Å². The number of rotatable bonds is 6. The van der Waals surface area contributed by atoms with Gasteiger partial charge in [-0.2, -0.15) is 17.0 Å². The molecule has 0 bridgehead atoms. The lowest BCUT2D eigenvalue weighted by molar-refractivity contribution is 0.451. The van der Waals surface area contributed by atoms with Gasteiger partial charge < -0.3 is 5.32 Å². The van der Waals surface area contributed by atoms with Crippen LogP contribution in [0.15, 0.2) is 0 Å². The van der Waals surface area contributed by atoms with E-state index in [9.17, 15) is 0 Å². The Balaban J connectivity index is 3.54. The summed E-state index contributed by atoms with van der Waals surface area (Å²) in [7, 11) is 1.84. The van der Waals surface area contributed by atoms with Crippen molar-refractivity contribution < 1.29 is 0 Å². The van der Waals surface area contributed by atoms with Crippen LogP contribution in [0.1, 0.15) is 26.7 Å². The van der Waals surface area contributed by atoms with E-state index in [4.69, 9.17) is 5.26 Å². The van der Waals surface area contributed by atoms with Gasteiger partial charge in [0.2, 0.25) is 0 Å². The first-order chi connectivity index (χ1) is 5.68. The third kappa shape index (κ3) is 4.63. The minimum absolute atomic E-state index is 0.325. The highest BCUT2D eigenvalue weighted by Crippen LogP contribution is 2.13. The maximum absolute atomic E-state index is 8.82. The van der Waals surface area contributed by atoms with E-state index < -0.39 is 0 Å². The van der Waals surface area contributed by atoms with Crippen molar-refractivity contribution in [1.82, 2.24) is 5.32 Å². The van der Waals surface area contributed by atoms with Crippen LogP contribution in [0.25, 0.3) is 0 Å². The molecule has 3 heteroatoms. The molecule has 0 amide bonds. The van der Waals surface area contributed by atoms with Gasteiger partial charge >= 0.3 is 0 Å². The van der Waals surface area contributed by atoms with Gasteiger partial charge in [-0.15, -0.1) is 0 Å². The van der Waals surface area contributed by atoms with Crippen LogP contribution >= 0.6 is 11.8 Å². The van der Waals surface area contributed by atoms with E-state index >= 15 is 0 Å². The Morgan fingerprint density at radius 3 is 2.67 bits per heavy atom. The number of nitrogens with one attached hydrogen (secondary N) is 1. The third-order valence-electron chi connectivity index (χ3n) is 1.97. The molecule has 0 heterocycles. The summed E-state index contributed by atoms with van der Waals surface area (Å²) >= 11 is 1.93. The zero-order valence-corrected chi connectivity index (χ0v) is 9.00. The van der Waals surface area contributed by atoms with Crippen LogP contribution in [-0.4, -0.2) is 24.1 Å². The molecule has 70 valence electrons. The first kappa shape index (κ1) is 11.8. The van der Waals surface area contributed by atoms with Crippen LogP contribution in [0.3, 0.4) is 0 Å². The number of hydrogen-bond donors (Lipinski definition) is 1. The molecular formula is C9H18N2S. The fourth-order valence-corrected chi connectivity index (χ4v) is 1.55. The Morgan fingerprint density at radius 2 is 2.25 bits per heavy atom. The summed E-state index contributed by atoms with van der Waals surface area (Å²) in [5.41, 5.74) is -0.325. The molecule has 0 saturated carbocycles. The van der Waals surface area contributed by atoms with Crippen molar-refractivity contribution in [2.75, 3.05) is 18.6 Å². The summed E-state index contributed by atoms with van der Waals surface area (Å²) in [4.78, 5) is 0. The summed E-state index contributed by atoms with van der Waals surface area (Å²) in [6.07, 6.45) is 2.05. The van der Waals surface area contributed by atoms with E-state index in [0.717, 1.165) is 18.6 Å². The van der Waals surface area contributed by atoms with Crippen LogP contribution in [0.2, 0.25) is 0 Å². The van der Waals surface area contributed by atoms with Gasteiger partial charge in [-0.1, -0.05) is 6.92 Å². The quantitative estimate of drug-likeness (QED) is 0.645. The molecule has 0 aliphatic rings. The zero-order valence-electron chi connectivity index (χ0n) is 8.18. The Morgan fingerprint density at radius 1 is 1.58 bits per heavy atom. The second-order valence-corrected chi connectivity index (χ2v) is 4.39. The molecule has 2 nitrogen and oxygen atoms in total. The Hall–Kier alpha value is -0.200. The summed E-state index contributed by atoms with van der Waals surface area (Å²) < 4.78 is 0. The van der Waals surface area contributed by atoms with Crippen molar-refractivity contribution in [3.63, 3.8) is 0 Å². The normalized spacial score (nSPS) is 15.2. The largest absolute Gasteiger partial charge is 0.303 e. The molecule has 0 aliphatic heterocycles. The molecule has 1 unspecified atom stereocenters. The molecule has 0 aromatic rings. The van der Waals surface area contributed by atoms with Gasteiger partial charge in [-0.05, 0) is 38.3 Å². The lowest BCUT2D eigenvalue weighted by Gasteiger charge is -2.19. The van der Waals surface area contributed by atoms with Gasteiger partial charge in [-0.25, -0.2) is 0 Å². The first-order valence-corrected chi connectivity index (χ1v) is 5.52. The fraction of sp³-hybridized carbons (Fsp3) is 0.889. The van der Waals surface area contributed by atoms with Crippen molar-refractivity contribution in [2.24, 2.45) is 0 Å². The van der Waals surface area contributed by atoms with Crippen LogP contribution in [0.4, 0.5) is 0 Å². The van der Waals surface area contributed by atoms with Gasteiger partial charge in [0, 0.05) is 0 Å². The molecule has 1 N–H and O–H groups in total. The van der Waals surface area contributed by atoms with E-state index in [2.05, 4.69) is 18.3 Å². The monoisotopic (exact) mass is 186 g/mol. The van der Waals surface area contributed by atoms with E-state index in [-0.39, 0.29) is 5.54 Å². The highest BCUT2D eigenvalue weighted by atomic mass is 32.2. The second kappa shape index (κ2) is 6.33. The topological polar surface area (TPSA) is 35.8 Å². The molecule has 0 aromatic heterocycles. The molecule has 0 aromatic carbocycles. The predicted octanol–water partition coefficient (Wildman–Crippen LogP) is 2.02. The van der Waals surface area contributed by atoms with Gasteiger partial charge in [0.05, 0.1) is 6.07 Å². The van der Waals surface area contributed by atoms with Gasteiger partial charge in [0.25, 0.3) is 0 Å². The summed E-state index contributed by atoms with van der Waals surface area (Å²) in [6.45, 7) is 4.11. The maximum Gasteiger partial charge on any atom is 0.103 e. The lowest BCUT2D eigenvalue weighted by atomic mass is 9.99. The SMILES string of the molecule is CCSCCCC(C)(C#N)NC. The van der Waals surface area contributed by atoms with E-state index in [1.54, 1.807) is 0 Å². The zero-order chi connectivity index (χ0) is 9.45. The molecular weight excluding hydrogens is 168 g/mol. The van der Waals surface area contributed by atoms with Crippen LogP contribution in [0.5, 0.6) is 0 Å². The molecule has 0 spiro atoms. The smallest absolute Gasteiger partial charge is 0.103 e. The third-order valence-corrected chi connectivity index (χ3v) is 2.95. The van der Waals surface area contributed by atoms with Crippen molar-refractivity contribution >= 4 is 11.8 Å². The fourth-order valence-electron chi connectivity index (χ4n) is 0.909. The Labute approximate surface area is 79.7 Å². The number of thioether (sulfide) groups is 1. The van der Waals surface area contributed by atoms with Crippen molar-refractivity contribution in [3.05, 3.63) is 0 Å². The molecule has 0 saturated heterocycles. The Kier molecular flexibility index (Phi) is 6.23. The van der Waals surface area contributed by atoms with E-state index in [1.165, 1.54) is 5.75 Å². The number of nitriles is 1. The minimum Gasteiger partial charge on any atom is -0.303 e. The van der Waals surface area contributed by atoms with Gasteiger partial charge in [0.15, 0.2) is 0 Å². The molecule has 0 aliphatic carbocycles. The second-order valence-electron chi connectivity index (χ2n) is 2.99. The Bertz CT molecular complexity index is 153. The van der Waals surface area contributed by atoms with Crippen molar-refractivity contribution in [3.8, 4) is 6.07 Å². The van der Waals surface area contributed by atoms with Crippen molar-refractivity contribution in [2.45, 2.75) is 32.2 Å². The number of nitrogens with zero attached hydrogens (tertiary/aromatic N) is 1. The standard InChI is InChI=1S/C9H18N2S/c1-4-12-7-5-6-9(2,8-10)11-3/h11H,4-7H2,1-3H3. The summed E-state index contributed by atoms with van der Waals surface area (Å²) in [5, 5.41) is 11.9. The number of hydrogen-bond acceptors (Lipinski definition) is 3. The highest BCUT2D eigenvalue weighted by Gasteiger charge is 2.19. The molecule has 12 heavy (non-hydrogen) atoms. The molecule has 0 fully saturated rings.